The summed E-state index contributed by atoms with van der Waals surface area (Å²) in [5, 5.41) is 0. The molecule has 1 heterocycles. The lowest BCUT2D eigenvalue weighted by Crippen LogP contribution is -2.04. The number of rotatable bonds is 3. The number of aromatic nitrogens is 2. The first-order chi connectivity index (χ1) is 7.76. The zero-order valence-corrected chi connectivity index (χ0v) is 9.47. The highest BCUT2D eigenvalue weighted by Crippen LogP contribution is 2.21. The molecule has 0 atom stereocenters. The predicted molar refractivity (Wildman–Crippen MR) is 63.1 cm³/mol. The van der Waals surface area contributed by atoms with Gasteiger partial charge in [-0.1, -0.05) is 0 Å². The second-order valence-electron chi connectivity index (χ2n) is 3.56. The molecule has 1 aromatic heterocycles. The number of nitrogens with zero attached hydrogens (tertiary/aromatic N) is 2. The molecule has 0 saturated heterocycles. The van der Waals surface area contributed by atoms with E-state index >= 15 is 0 Å². The van der Waals surface area contributed by atoms with Gasteiger partial charge in [-0.25, -0.2) is 4.98 Å². The largest absolute Gasteiger partial charge is 0.497 e. The van der Waals surface area contributed by atoms with E-state index in [9.17, 15) is 0 Å². The number of benzene rings is 1. The van der Waals surface area contributed by atoms with Gasteiger partial charge in [-0.05, 0) is 24.3 Å². The summed E-state index contributed by atoms with van der Waals surface area (Å²) in [5.41, 5.74) is 7.68. The van der Waals surface area contributed by atoms with Gasteiger partial charge in [0.2, 0.25) is 0 Å². The van der Waals surface area contributed by atoms with Crippen molar-refractivity contribution in [2.24, 2.45) is 12.8 Å². The Bertz CT molecular complexity index is 474. The van der Waals surface area contributed by atoms with Gasteiger partial charge in [-0.2, -0.15) is 0 Å². The highest BCUT2D eigenvalue weighted by Gasteiger charge is 2.07. The lowest BCUT2D eigenvalue weighted by atomic mass is 10.2. The van der Waals surface area contributed by atoms with Crippen LogP contribution in [0.25, 0.3) is 11.4 Å². The highest BCUT2D eigenvalue weighted by molar-refractivity contribution is 5.57. The fourth-order valence-electron chi connectivity index (χ4n) is 1.64. The smallest absolute Gasteiger partial charge is 0.139 e. The van der Waals surface area contributed by atoms with Crippen molar-refractivity contribution in [2.45, 2.75) is 6.54 Å². The Morgan fingerprint density at radius 3 is 2.50 bits per heavy atom. The van der Waals surface area contributed by atoms with Gasteiger partial charge in [0, 0.05) is 19.2 Å². The lowest BCUT2D eigenvalue weighted by Gasteiger charge is -2.05. The highest BCUT2D eigenvalue weighted by atomic mass is 16.5. The summed E-state index contributed by atoms with van der Waals surface area (Å²) in [7, 11) is 3.62. The number of methoxy groups -OCH3 is 1. The van der Waals surface area contributed by atoms with Crippen LogP contribution in [-0.4, -0.2) is 16.7 Å². The van der Waals surface area contributed by atoms with E-state index in [1.165, 1.54) is 0 Å². The van der Waals surface area contributed by atoms with Crippen molar-refractivity contribution in [3.8, 4) is 17.1 Å². The molecule has 0 fully saturated rings. The van der Waals surface area contributed by atoms with Crippen LogP contribution in [0.2, 0.25) is 0 Å². The standard InChI is InChI=1S/C12H15N3O/c1-15-10(7-13)8-14-12(15)9-3-5-11(16-2)6-4-9/h3-6,8H,7,13H2,1-2H3. The molecule has 2 aromatic rings. The van der Waals surface area contributed by atoms with E-state index in [0.29, 0.717) is 6.54 Å². The molecule has 0 aliphatic heterocycles. The molecule has 0 aliphatic rings. The van der Waals surface area contributed by atoms with E-state index in [1.807, 2.05) is 35.9 Å². The van der Waals surface area contributed by atoms with E-state index in [-0.39, 0.29) is 0 Å². The van der Waals surface area contributed by atoms with Crippen LogP contribution in [0.3, 0.4) is 0 Å². The molecule has 2 rings (SSSR count). The molecular formula is C12H15N3O. The summed E-state index contributed by atoms with van der Waals surface area (Å²) >= 11 is 0. The number of hydrogen-bond donors (Lipinski definition) is 1. The summed E-state index contributed by atoms with van der Waals surface area (Å²) < 4.78 is 7.12. The van der Waals surface area contributed by atoms with E-state index < -0.39 is 0 Å². The molecule has 0 amide bonds. The number of ether oxygens (including phenoxy) is 1. The molecule has 0 aliphatic carbocycles. The van der Waals surface area contributed by atoms with Gasteiger partial charge in [-0.3, -0.25) is 0 Å². The average Bonchev–Trinajstić information content (AvgIpc) is 2.70. The minimum Gasteiger partial charge on any atom is -0.497 e. The third-order valence-electron chi connectivity index (χ3n) is 2.64. The Morgan fingerprint density at radius 1 is 1.31 bits per heavy atom. The summed E-state index contributed by atoms with van der Waals surface area (Å²) in [5.74, 6) is 1.76. The van der Waals surface area contributed by atoms with Gasteiger partial charge in [0.05, 0.1) is 19.0 Å². The molecule has 0 unspecified atom stereocenters. The maximum absolute atomic E-state index is 5.61. The van der Waals surface area contributed by atoms with Gasteiger partial charge in [0.1, 0.15) is 11.6 Å². The van der Waals surface area contributed by atoms with Gasteiger partial charge >= 0.3 is 0 Å². The number of imidazole rings is 1. The van der Waals surface area contributed by atoms with Crippen LogP contribution in [0.5, 0.6) is 5.75 Å². The maximum atomic E-state index is 5.61. The molecular weight excluding hydrogens is 202 g/mol. The van der Waals surface area contributed by atoms with Crippen LogP contribution in [0.1, 0.15) is 5.69 Å². The van der Waals surface area contributed by atoms with Crippen LogP contribution in [0.4, 0.5) is 0 Å². The maximum Gasteiger partial charge on any atom is 0.139 e. The molecule has 2 N–H and O–H groups in total. The Balaban J connectivity index is 2.38. The Labute approximate surface area is 94.7 Å². The van der Waals surface area contributed by atoms with Crippen LogP contribution in [0, 0.1) is 0 Å². The molecule has 4 nitrogen and oxygen atoms in total. The third-order valence-corrected chi connectivity index (χ3v) is 2.64. The van der Waals surface area contributed by atoms with Gasteiger partial charge in [0.15, 0.2) is 0 Å². The first kappa shape index (κ1) is 10.7. The minimum atomic E-state index is 0.500. The second kappa shape index (κ2) is 4.37. The molecule has 4 heteroatoms. The Hall–Kier alpha value is -1.81. The van der Waals surface area contributed by atoms with E-state index in [1.54, 1.807) is 13.3 Å². The SMILES string of the molecule is COc1ccc(-c2ncc(CN)n2C)cc1. The summed E-state index contributed by atoms with van der Waals surface area (Å²) in [6.07, 6.45) is 1.81. The van der Waals surface area contributed by atoms with Crippen LogP contribution in [-0.2, 0) is 13.6 Å². The zero-order chi connectivity index (χ0) is 11.5. The third kappa shape index (κ3) is 1.79. The summed E-state index contributed by atoms with van der Waals surface area (Å²) in [4.78, 5) is 4.35. The fourth-order valence-corrected chi connectivity index (χ4v) is 1.64. The molecule has 0 saturated carbocycles. The topological polar surface area (TPSA) is 53.1 Å². The molecule has 0 bridgehead atoms. The molecule has 0 spiro atoms. The minimum absolute atomic E-state index is 0.500. The quantitative estimate of drug-likeness (QED) is 0.848. The molecule has 16 heavy (non-hydrogen) atoms. The first-order valence-electron chi connectivity index (χ1n) is 5.11. The van der Waals surface area contributed by atoms with Crippen LogP contribution < -0.4 is 10.5 Å². The average molecular weight is 217 g/mol. The van der Waals surface area contributed by atoms with E-state index in [4.69, 9.17) is 10.5 Å². The van der Waals surface area contributed by atoms with Gasteiger partial charge in [-0.15, -0.1) is 0 Å². The van der Waals surface area contributed by atoms with Crippen LogP contribution >= 0.6 is 0 Å². The second-order valence-corrected chi connectivity index (χ2v) is 3.56. The Morgan fingerprint density at radius 2 is 2.00 bits per heavy atom. The van der Waals surface area contributed by atoms with Crippen molar-refractivity contribution >= 4 is 0 Å². The summed E-state index contributed by atoms with van der Waals surface area (Å²) in [6.45, 7) is 0.500. The number of nitrogens with two attached hydrogens (primary N) is 1. The zero-order valence-electron chi connectivity index (χ0n) is 9.47. The monoisotopic (exact) mass is 217 g/mol. The lowest BCUT2D eigenvalue weighted by molar-refractivity contribution is 0.415. The van der Waals surface area contributed by atoms with Gasteiger partial charge < -0.3 is 15.0 Å². The first-order valence-corrected chi connectivity index (χ1v) is 5.11. The normalized spacial score (nSPS) is 10.4. The van der Waals surface area contributed by atoms with Crippen molar-refractivity contribution in [2.75, 3.05) is 7.11 Å². The Kier molecular flexibility index (Phi) is 2.92. The summed E-state index contributed by atoms with van der Waals surface area (Å²) in [6, 6.07) is 7.82. The van der Waals surface area contributed by atoms with E-state index in [2.05, 4.69) is 4.98 Å². The van der Waals surface area contributed by atoms with Crippen molar-refractivity contribution in [1.82, 2.24) is 9.55 Å². The van der Waals surface area contributed by atoms with Crippen LogP contribution in [0.15, 0.2) is 30.5 Å². The molecule has 0 radical (unpaired) electrons. The fraction of sp³-hybridized carbons (Fsp3) is 0.250. The van der Waals surface area contributed by atoms with E-state index in [0.717, 1.165) is 22.8 Å². The number of hydrogen-bond acceptors (Lipinski definition) is 3. The predicted octanol–water partition coefficient (Wildman–Crippen LogP) is 1.55. The molecule has 1 aromatic carbocycles. The van der Waals surface area contributed by atoms with Gasteiger partial charge in [0.25, 0.3) is 0 Å². The van der Waals surface area contributed by atoms with Crippen molar-refractivity contribution in [3.05, 3.63) is 36.2 Å². The van der Waals surface area contributed by atoms with Crippen molar-refractivity contribution in [1.29, 1.82) is 0 Å². The van der Waals surface area contributed by atoms with Crippen molar-refractivity contribution < 1.29 is 4.74 Å². The van der Waals surface area contributed by atoms with Crippen molar-refractivity contribution in [3.63, 3.8) is 0 Å². The molecule has 84 valence electrons.